The average molecular weight is 402 g/mol. The standard InChI is InChI=1S/C22H27N3O2.ClH/c1-17-5-7-20(8-6-17)27-16-21(26)25-13-11-24(12-14-25)15-19-4-2-3-18-9-10-23-22(18)19;/h2-8,23H,9-16H2,1H3;1H. The predicted octanol–water partition coefficient (Wildman–Crippen LogP) is 3.11. The third-order valence-electron chi connectivity index (χ3n) is 5.44. The van der Waals surface area contributed by atoms with Gasteiger partial charge in [0.15, 0.2) is 6.61 Å². The lowest BCUT2D eigenvalue weighted by Gasteiger charge is -2.35. The monoisotopic (exact) mass is 401 g/mol. The predicted molar refractivity (Wildman–Crippen MR) is 114 cm³/mol. The molecule has 0 radical (unpaired) electrons. The summed E-state index contributed by atoms with van der Waals surface area (Å²) in [4.78, 5) is 16.8. The van der Waals surface area contributed by atoms with Crippen LogP contribution in [0.1, 0.15) is 16.7 Å². The molecule has 2 aliphatic heterocycles. The number of hydrogen-bond acceptors (Lipinski definition) is 4. The van der Waals surface area contributed by atoms with Crippen LogP contribution in [0.5, 0.6) is 5.75 Å². The summed E-state index contributed by atoms with van der Waals surface area (Å²) < 4.78 is 5.64. The van der Waals surface area contributed by atoms with Crippen molar-refractivity contribution in [1.29, 1.82) is 0 Å². The normalized spacial score (nSPS) is 16.1. The van der Waals surface area contributed by atoms with Gasteiger partial charge in [0.05, 0.1) is 0 Å². The first-order valence-corrected chi connectivity index (χ1v) is 9.73. The number of piperazine rings is 1. The fraction of sp³-hybridized carbons (Fsp3) is 0.409. The lowest BCUT2D eigenvalue weighted by Crippen LogP contribution is -2.49. The van der Waals surface area contributed by atoms with Crippen molar-refractivity contribution < 1.29 is 9.53 Å². The first-order chi connectivity index (χ1) is 13.2. The molecule has 5 nitrogen and oxygen atoms in total. The van der Waals surface area contributed by atoms with Gasteiger partial charge in [0.1, 0.15) is 5.75 Å². The molecule has 0 aliphatic carbocycles. The number of rotatable bonds is 5. The summed E-state index contributed by atoms with van der Waals surface area (Å²) >= 11 is 0. The zero-order valence-electron chi connectivity index (χ0n) is 16.3. The van der Waals surface area contributed by atoms with E-state index in [1.807, 2.05) is 36.1 Å². The summed E-state index contributed by atoms with van der Waals surface area (Å²) in [5.74, 6) is 0.815. The van der Waals surface area contributed by atoms with Crippen LogP contribution in [0.3, 0.4) is 0 Å². The number of ether oxygens (including phenoxy) is 1. The number of aryl methyl sites for hydroxylation is 1. The Morgan fingerprint density at radius 2 is 1.82 bits per heavy atom. The molecule has 0 atom stereocenters. The molecule has 1 saturated heterocycles. The quantitative estimate of drug-likeness (QED) is 0.836. The Labute approximate surface area is 173 Å². The molecule has 0 bridgehead atoms. The molecule has 4 rings (SSSR count). The lowest BCUT2D eigenvalue weighted by atomic mass is 10.1. The van der Waals surface area contributed by atoms with Gasteiger partial charge >= 0.3 is 0 Å². The summed E-state index contributed by atoms with van der Waals surface area (Å²) in [7, 11) is 0. The summed E-state index contributed by atoms with van der Waals surface area (Å²) in [6.07, 6.45) is 1.12. The van der Waals surface area contributed by atoms with Gasteiger partial charge in [-0.05, 0) is 36.6 Å². The molecule has 0 aromatic heterocycles. The minimum Gasteiger partial charge on any atom is -0.484 e. The third kappa shape index (κ3) is 4.78. The lowest BCUT2D eigenvalue weighted by molar-refractivity contribution is -0.135. The molecular formula is C22H28ClN3O2. The van der Waals surface area contributed by atoms with E-state index in [0.717, 1.165) is 51.4 Å². The number of amides is 1. The number of anilines is 1. The van der Waals surface area contributed by atoms with Gasteiger partial charge in [-0.15, -0.1) is 12.4 Å². The summed E-state index contributed by atoms with van der Waals surface area (Å²) in [5.41, 5.74) is 5.30. The zero-order valence-corrected chi connectivity index (χ0v) is 17.1. The molecule has 2 heterocycles. The van der Waals surface area contributed by atoms with Crippen molar-refractivity contribution in [2.75, 3.05) is 44.6 Å². The number of carbonyl (C=O) groups is 1. The third-order valence-corrected chi connectivity index (χ3v) is 5.44. The topological polar surface area (TPSA) is 44.8 Å². The van der Waals surface area contributed by atoms with Crippen LogP contribution in [0.4, 0.5) is 5.69 Å². The number of fused-ring (bicyclic) bond motifs is 1. The molecule has 0 unspecified atom stereocenters. The highest BCUT2D eigenvalue weighted by atomic mass is 35.5. The largest absolute Gasteiger partial charge is 0.484 e. The zero-order chi connectivity index (χ0) is 18.6. The van der Waals surface area contributed by atoms with Gasteiger partial charge in [0, 0.05) is 45.0 Å². The maximum absolute atomic E-state index is 12.4. The van der Waals surface area contributed by atoms with Crippen LogP contribution < -0.4 is 10.1 Å². The molecular weight excluding hydrogens is 374 g/mol. The maximum Gasteiger partial charge on any atom is 0.260 e. The molecule has 2 aromatic carbocycles. The summed E-state index contributed by atoms with van der Waals surface area (Å²) in [6.45, 7) is 7.46. The molecule has 1 amide bonds. The maximum atomic E-state index is 12.4. The molecule has 6 heteroatoms. The minimum atomic E-state index is 0. The number of nitrogens with one attached hydrogen (secondary N) is 1. The van der Waals surface area contributed by atoms with E-state index in [9.17, 15) is 4.79 Å². The Morgan fingerprint density at radius 1 is 1.07 bits per heavy atom. The van der Waals surface area contributed by atoms with Crippen LogP contribution in [-0.4, -0.2) is 55.0 Å². The van der Waals surface area contributed by atoms with Gasteiger partial charge in [0.25, 0.3) is 5.91 Å². The van der Waals surface area contributed by atoms with Crippen LogP contribution in [0, 0.1) is 6.92 Å². The Balaban J connectivity index is 0.00000225. The SMILES string of the molecule is Cc1ccc(OCC(=O)N2CCN(Cc3cccc4c3NCC4)CC2)cc1.Cl. The Bertz CT molecular complexity index is 802. The highest BCUT2D eigenvalue weighted by molar-refractivity contribution is 5.85. The van der Waals surface area contributed by atoms with E-state index < -0.39 is 0 Å². The molecule has 2 aromatic rings. The highest BCUT2D eigenvalue weighted by Gasteiger charge is 2.23. The van der Waals surface area contributed by atoms with Crippen molar-refractivity contribution in [2.24, 2.45) is 0 Å². The second kappa shape index (κ2) is 9.30. The van der Waals surface area contributed by atoms with Crippen molar-refractivity contribution >= 4 is 24.0 Å². The molecule has 150 valence electrons. The molecule has 28 heavy (non-hydrogen) atoms. The molecule has 1 N–H and O–H groups in total. The summed E-state index contributed by atoms with van der Waals surface area (Å²) in [6, 6.07) is 14.4. The number of halogens is 1. The van der Waals surface area contributed by atoms with Gasteiger partial charge in [-0.3, -0.25) is 9.69 Å². The Kier molecular flexibility index (Phi) is 6.81. The molecule has 0 saturated carbocycles. The van der Waals surface area contributed by atoms with Crippen LogP contribution in [0.15, 0.2) is 42.5 Å². The fourth-order valence-corrected chi connectivity index (χ4v) is 3.81. The number of para-hydroxylation sites is 1. The van der Waals surface area contributed by atoms with Crippen molar-refractivity contribution in [1.82, 2.24) is 9.80 Å². The smallest absolute Gasteiger partial charge is 0.260 e. The van der Waals surface area contributed by atoms with Crippen LogP contribution in [0.2, 0.25) is 0 Å². The minimum absolute atomic E-state index is 0. The van der Waals surface area contributed by atoms with Crippen LogP contribution >= 0.6 is 12.4 Å². The van der Waals surface area contributed by atoms with E-state index in [1.165, 1.54) is 22.4 Å². The Morgan fingerprint density at radius 3 is 2.57 bits per heavy atom. The number of nitrogens with zero attached hydrogens (tertiary/aromatic N) is 2. The van der Waals surface area contributed by atoms with E-state index in [-0.39, 0.29) is 24.9 Å². The second-order valence-electron chi connectivity index (χ2n) is 7.39. The van der Waals surface area contributed by atoms with Crippen LogP contribution in [-0.2, 0) is 17.8 Å². The van der Waals surface area contributed by atoms with E-state index in [0.29, 0.717) is 0 Å². The van der Waals surface area contributed by atoms with Gasteiger partial charge in [-0.1, -0.05) is 35.9 Å². The van der Waals surface area contributed by atoms with Gasteiger partial charge in [0.2, 0.25) is 0 Å². The fourth-order valence-electron chi connectivity index (χ4n) is 3.81. The van der Waals surface area contributed by atoms with Gasteiger partial charge < -0.3 is 15.0 Å². The van der Waals surface area contributed by atoms with Crippen molar-refractivity contribution in [3.63, 3.8) is 0 Å². The van der Waals surface area contributed by atoms with Crippen LogP contribution in [0.25, 0.3) is 0 Å². The molecule has 1 fully saturated rings. The van der Waals surface area contributed by atoms with Gasteiger partial charge in [-0.2, -0.15) is 0 Å². The van der Waals surface area contributed by atoms with Gasteiger partial charge in [-0.25, -0.2) is 0 Å². The number of carbonyl (C=O) groups excluding carboxylic acids is 1. The van der Waals surface area contributed by atoms with Crippen molar-refractivity contribution in [2.45, 2.75) is 19.9 Å². The first-order valence-electron chi connectivity index (χ1n) is 9.73. The average Bonchev–Trinajstić information content (AvgIpc) is 3.18. The van der Waals surface area contributed by atoms with E-state index >= 15 is 0 Å². The van der Waals surface area contributed by atoms with E-state index in [4.69, 9.17) is 4.74 Å². The van der Waals surface area contributed by atoms with E-state index in [2.05, 4.69) is 28.4 Å². The Hall–Kier alpha value is -2.24. The summed E-state index contributed by atoms with van der Waals surface area (Å²) in [5, 5.41) is 3.51. The highest BCUT2D eigenvalue weighted by Crippen LogP contribution is 2.27. The molecule has 0 spiro atoms. The van der Waals surface area contributed by atoms with E-state index in [1.54, 1.807) is 0 Å². The van der Waals surface area contributed by atoms with Crippen molar-refractivity contribution in [3.05, 3.63) is 59.2 Å². The number of hydrogen-bond donors (Lipinski definition) is 1. The first kappa shape index (κ1) is 20.5. The second-order valence-corrected chi connectivity index (χ2v) is 7.39. The number of benzene rings is 2. The molecule has 2 aliphatic rings. The van der Waals surface area contributed by atoms with Crippen molar-refractivity contribution in [3.8, 4) is 5.75 Å².